The average Bonchev–Trinajstić information content (AvgIpc) is 2.61. The van der Waals surface area contributed by atoms with Crippen molar-refractivity contribution in [3.05, 3.63) is 35.6 Å². The summed E-state index contributed by atoms with van der Waals surface area (Å²) in [5, 5.41) is 2.81. The Bertz CT molecular complexity index is 743. The van der Waals surface area contributed by atoms with Gasteiger partial charge < -0.3 is 10.1 Å². The van der Waals surface area contributed by atoms with E-state index in [2.05, 4.69) is 10.1 Å². The number of carbonyl (C=O) groups is 2. The first kappa shape index (κ1) is 20.3. The summed E-state index contributed by atoms with van der Waals surface area (Å²) in [6.07, 6.45) is 1.89. The van der Waals surface area contributed by atoms with E-state index in [-0.39, 0.29) is 31.3 Å². The molecule has 1 aliphatic heterocycles. The van der Waals surface area contributed by atoms with Gasteiger partial charge in [-0.2, -0.15) is 0 Å². The lowest BCUT2D eigenvalue weighted by atomic mass is 9.95. The third-order valence-corrected chi connectivity index (χ3v) is 5.78. The third kappa shape index (κ3) is 5.50. The van der Waals surface area contributed by atoms with Gasteiger partial charge in [0.25, 0.3) is 0 Å². The number of benzene rings is 1. The fraction of sp³-hybridized carbons (Fsp3) is 0.529. The summed E-state index contributed by atoms with van der Waals surface area (Å²) in [6, 6.07) is 4.90. The van der Waals surface area contributed by atoms with Crippen LogP contribution in [0.25, 0.3) is 0 Å². The Balaban J connectivity index is 2.04. The molecule has 0 aliphatic carbocycles. The topological polar surface area (TPSA) is 92.8 Å². The predicted octanol–water partition coefficient (Wildman–Crippen LogP) is 1.22. The molecular weight excluding hydrogens is 363 g/mol. The number of sulfonamides is 1. The van der Waals surface area contributed by atoms with Crippen LogP contribution in [0.15, 0.2) is 24.3 Å². The zero-order valence-corrected chi connectivity index (χ0v) is 15.6. The molecule has 1 heterocycles. The Hall–Kier alpha value is -2.00. The first-order valence-electron chi connectivity index (χ1n) is 8.28. The van der Waals surface area contributed by atoms with Crippen LogP contribution in [-0.4, -0.2) is 51.1 Å². The molecule has 0 aromatic heterocycles. The lowest BCUT2D eigenvalue weighted by molar-refractivity contribution is -0.141. The number of hydrogen-bond donors (Lipinski definition) is 1. The van der Waals surface area contributed by atoms with Gasteiger partial charge in [-0.1, -0.05) is 12.1 Å². The second kappa shape index (κ2) is 8.59. The van der Waals surface area contributed by atoms with Gasteiger partial charge in [0, 0.05) is 19.0 Å². The van der Waals surface area contributed by atoms with Gasteiger partial charge >= 0.3 is 5.97 Å². The minimum absolute atomic E-state index is 0.0734. The highest BCUT2D eigenvalue weighted by atomic mass is 32.2. The summed E-state index contributed by atoms with van der Waals surface area (Å²) in [6.45, 7) is 0.574. The van der Waals surface area contributed by atoms with E-state index in [0.717, 1.165) is 6.26 Å². The summed E-state index contributed by atoms with van der Waals surface area (Å²) in [4.78, 5) is 24.2. The fourth-order valence-electron chi connectivity index (χ4n) is 2.94. The number of carbonyl (C=O) groups excluding carboxylic acids is 2. The van der Waals surface area contributed by atoms with Crippen molar-refractivity contribution in [2.75, 3.05) is 26.5 Å². The Kier molecular flexibility index (Phi) is 6.71. The van der Waals surface area contributed by atoms with Crippen LogP contribution in [-0.2, 0) is 24.3 Å². The first-order chi connectivity index (χ1) is 12.2. The van der Waals surface area contributed by atoms with E-state index < -0.39 is 27.9 Å². The smallest absolute Gasteiger partial charge is 0.307 e. The average molecular weight is 386 g/mol. The molecule has 1 aromatic carbocycles. The fourth-order valence-corrected chi connectivity index (χ4v) is 3.81. The maximum absolute atomic E-state index is 13.1. The Morgan fingerprint density at radius 2 is 1.85 bits per heavy atom. The van der Waals surface area contributed by atoms with Crippen LogP contribution >= 0.6 is 0 Å². The van der Waals surface area contributed by atoms with Gasteiger partial charge in [0.2, 0.25) is 15.9 Å². The van der Waals surface area contributed by atoms with Crippen molar-refractivity contribution >= 4 is 21.9 Å². The number of piperidine rings is 1. The number of methoxy groups -OCH3 is 1. The zero-order chi connectivity index (χ0) is 19.3. The zero-order valence-electron chi connectivity index (χ0n) is 14.8. The van der Waals surface area contributed by atoms with Crippen LogP contribution in [0.1, 0.15) is 30.9 Å². The number of hydrogen-bond acceptors (Lipinski definition) is 5. The van der Waals surface area contributed by atoms with E-state index in [0.29, 0.717) is 18.4 Å². The van der Waals surface area contributed by atoms with Gasteiger partial charge in [0.1, 0.15) is 5.82 Å². The summed E-state index contributed by atoms with van der Waals surface area (Å²) in [5.74, 6) is -1.50. The first-order valence-corrected chi connectivity index (χ1v) is 10.1. The van der Waals surface area contributed by atoms with Crippen molar-refractivity contribution in [1.82, 2.24) is 9.62 Å². The van der Waals surface area contributed by atoms with E-state index in [1.165, 1.54) is 35.7 Å². The molecule has 1 atom stereocenters. The number of halogens is 1. The van der Waals surface area contributed by atoms with Crippen LogP contribution in [0.3, 0.4) is 0 Å². The van der Waals surface area contributed by atoms with Crippen LogP contribution in [0, 0.1) is 11.7 Å². The monoisotopic (exact) mass is 386 g/mol. The molecule has 1 aliphatic rings. The largest absolute Gasteiger partial charge is 0.469 e. The molecule has 7 nitrogen and oxygen atoms in total. The second-order valence-corrected chi connectivity index (χ2v) is 8.31. The third-order valence-electron chi connectivity index (χ3n) is 4.48. The van der Waals surface area contributed by atoms with Gasteiger partial charge in [-0.3, -0.25) is 9.59 Å². The van der Waals surface area contributed by atoms with Crippen LogP contribution in [0.4, 0.5) is 4.39 Å². The summed E-state index contributed by atoms with van der Waals surface area (Å²) in [5.41, 5.74) is 0.596. The molecule has 9 heteroatoms. The second-order valence-electron chi connectivity index (χ2n) is 6.33. The molecule has 1 aromatic rings. The highest BCUT2D eigenvalue weighted by Gasteiger charge is 2.30. The van der Waals surface area contributed by atoms with Crippen molar-refractivity contribution < 1.29 is 27.1 Å². The maximum atomic E-state index is 13.1. The van der Waals surface area contributed by atoms with Crippen LogP contribution in [0.2, 0.25) is 0 Å². The molecule has 0 spiro atoms. The van der Waals surface area contributed by atoms with Gasteiger partial charge in [-0.25, -0.2) is 17.1 Å². The number of amides is 1. The lowest BCUT2D eigenvalue weighted by Gasteiger charge is -2.30. The summed E-state index contributed by atoms with van der Waals surface area (Å²) < 4.78 is 42.3. The Labute approximate surface area is 152 Å². The maximum Gasteiger partial charge on any atom is 0.307 e. The van der Waals surface area contributed by atoms with E-state index in [9.17, 15) is 22.4 Å². The minimum atomic E-state index is -3.26. The number of ether oxygens (including phenoxy) is 1. The SMILES string of the molecule is COC(=O)CC(NC(=O)C1CCN(S(C)(=O)=O)CC1)c1ccc(F)cc1. The van der Waals surface area contributed by atoms with Gasteiger partial charge in [0.15, 0.2) is 0 Å². The molecule has 1 saturated heterocycles. The molecule has 0 radical (unpaired) electrons. The molecule has 2 rings (SSSR count). The van der Waals surface area contributed by atoms with Crippen molar-refractivity contribution in [3.8, 4) is 0 Å². The van der Waals surface area contributed by atoms with Crippen molar-refractivity contribution in [2.45, 2.75) is 25.3 Å². The molecule has 0 bridgehead atoms. The molecule has 1 amide bonds. The van der Waals surface area contributed by atoms with Gasteiger partial charge in [-0.05, 0) is 30.5 Å². The Morgan fingerprint density at radius 3 is 2.35 bits per heavy atom. The normalized spacial score (nSPS) is 17.5. The van der Waals surface area contributed by atoms with Crippen LogP contribution < -0.4 is 5.32 Å². The van der Waals surface area contributed by atoms with E-state index in [1.807, 2.05) is 0 Å². The molecule has 1 fully saturated rings. The number of nitrogens with one attached hydrogen (secondary N) is 1. The minimum Gasteiger partial charge on any atom is -0.469 e. The molecule has 144 valence electrons. The standard InChI is InChI=1S/C17H23FN2O5S/c1-25-16(21)11-15(12-3-5-14(18)6-4-12)19-17(22)13-7-9-20(10-8-13)26(2,23)24/h3-6,13,15H,7-11H2,1-2H3,(H,19,22). The lowest BCUT2D eigenvalue weighted by Crippen LogP contribution is -2.43. The van der Waals surface area contributed by atoms with Gasteiger partial charge in [-0.15, -0.1) is 0 Å². The number of esters is 1. The quantitative estimate of drug-likeness (QED) is 0.742. The molecule has 26 heavy (non-hydrogen) atoms. The highest BCUT2D eigenvalue weighted by Crippen LogP contribution is 2.23. The van der Waals surface area contributed by atoms with Crippen molar-refractivity contribution in [3.63, 3.8) is 0 Å². The van der Waals surface area contributed by atoms with E-state index in [4.69, 9.17) is 0 Å². The molecular formula is C17H23FN2O5S. The number of nitrogens with zero attached hydrogens (tertiary/aromatic N) is 1. The predicted molar refractivity (Wildman–Crippen MR) is 93.1 cm³/mol. The van der Waals surface area contributed by atoms with Crippen molar-refractivity contribution in [1.29, 1.82) is 0 Å². The van der Waals surface area contributed by atoms with E-state index in [1.54, 1.807) is 0 Å². The summed E-state index contributed by atoms with van der Waals surface area (Å²) in [7, 11) is -2.00. The van der Waals surface area contributed by atoms with Crippen LogP contribution in [0.5, 0.6) is 0 Å². The van der Waals surface area contributed by atoms with Gasteiger partial charge in [0.05, 0.1) is 25.8 Å². The molecule has 0 saturated carbocycles. The molecule has 1 unspecified atom stereocenters. The summed E-state index contributed by atoms with van der Waals surface area (Å²) >= 11 is 0. The van der Waals surface area contributed by atoms with Crippen molar-refractivity contribution in [2.24, 2.45) is 5.92 Å². The van der Waals surface area contributed by atoms with E-state index >= 15 is 0 Å². The highest BCUT2D eigenvalue weighted by molar-refractivity contribution is 7.88. The molecule has 1 N–H and O–H groups in total. The Morgan fingerprint density at radius 1 is 1.27 bits per heavy atom. The number of rotatable bonds is 6.